The van der Waals surface area contributed by atoms with Gasteiger partial charge in [-0.25, -0.2) is 0 Å². The summed E-state index contributed by atoms with van der Waals surface area (Å²) in [6.45, 7) is 6.83. The van der Waals surface area contributed by atoms with Gasteiger partial charge in [-0.3, -0.25) is 24.5 Å². The van der Waals surface area contributed by atoms with Crippen LogP contribution >= 0.6 is 0 Å². The van der Waals surface area contributed by atoms with E-state index >= 15 is 0 Å². The zero-order valence-corrected chi connectivity index (χ0v) is 31.4. The molecule has 0 unspecified atom stereocenters. The molecule has 1 N–H and O–H groups in total. The van der Waals surface area contributed by atoms with E-state index in [1.807, 2.05) is 55.5 Å². The van der Waals surface area contributed by atoms with Crippen LogP contribution in [0.2, 0.25) is 18.6 Å². The Morgan fingerprint density at radius 1 is 1.06 bits per heavy atom. The quantitative estimate of drug-likeness (QED) is 0.0909. The molecule has 13 heteroatoms. The van der Waals surface area contributed by atoms with Crippen molar-refractivity contribution in [2.75, 3.05) is 32.3 Å². The molecule has 52 heavy (non-hydrogen) atoms. The van der Waals surface area contributed by atoms with Gasteiger partial charge in [0.2, 0.25) is 5.91 Å². The van der Waals surface area contributed by atoms with Gasteiger partial charge in [0.15, 0.2) is 5.60 Å². The second kappa shape index (κ2) is 14.8. The number of unbranched alkanes of at least 4 members (excludes halogenated alkanes) is 1. The molecular weight excluding hydrogens is 683 g/mol. The average molecular weight is 730 g/mol. The number of carbonyl (C=O) groups excluding carboxylic acids is 3. The van der Waals surface area contributed by atoms with Crippen molar-refractivity contribution >= 4 is 42.4 Å². The van der Waals surface area contributed by atoms with E-state index in [4.69, 9.17) is 14.2 Å². The zero-order valence-electron chi connectivity index (χ0n) is 30.4. The zero-order chi connectivity index (χ0) is 37.4. The highest BCUT2D eigenvalue weighted by Crippen LogP contribution is 2.60. The van der Waals surface area contributed by atoms with Crippen molar-refractivity contribution in [2.24, 2.45) is 5.92 Å². The van der Waals surface area contributed by atoms with E-state index in [9.17, 15) is 29.6 Å². The Morgan fingerprint density at radius 2 is 1.77 bits per heavy atom. The van der Waals surface area contributed by atoms with Crippen LogP contribution in [0.15, 0.2) is 66.7 Å². The minimum Gasteiger partial charge on any atom is -0.497 e. The molecule has 1 saturated heterocycles. The van der Waals surface area contributed by atoms with Gasteiger partial charge in [-0.05, 0) is 54.1 Å². The van der Waals surface area contributed by atoms with Crippen molar-refractivity contribution in [1.29, 1.82) is 0 Å². The first kappa shape index (κ1) is 37.2. The number of aliphatic hydroxyl groups excluding tert-OH is 1. The maximum atomic E-state index is 14.9. The Balaban J connectivity index is 1.41. The minimum absolute atomic E-state index is 0.0291. The number of amides is 2. The number of methoxy groups -OCH3 is 2. The molecule has 2 amide bonds. The number of nitro groups is 1. The van der Waals surface area contributed by atoms with E-state index < -0.39 is 36.7 Å². The second-order valence-corrected chi connectivity index (χ2v) is 19.3. The number of esters is 1. The lowest BCUT2D eigenvalue weighted by molar-refractivity contribution is -0.385. The third-order valence-electron chi connectivity index (χ3n) is 11.5. The van der Waals surface area contributed by atoms with E-state index in [1.54, 1.807) is 23.0 Å². The van der Waals surface area contributed by atoms with E-state index in [1.165, 1.54) is 19.2 Å². The maximum absolute atomic E-state index is 14.9. The van der Waals surface area contributed by atoms with Gasteiger partial charge in [-0.2, -0.15) is 0 Å². The lowest BCUT2D eigenvalue weighted by Crippen LogP contribution is -2.52. The van der Waals surface area contributed by atoms with Crippen LogP contribution in [-0.2, 0) is 42.4 Å². The first-order valence-electron chi connectivity index (χ1n) is 17.8. The van der Waals surface area contributed by atoms with Gasteiger partial charge in [0.05, 0.1) is 58.1 Å². The molecule has 3 aliphatic rings. The maximum Gasteiger partial charge on any atom is 0.305 e. The Morgan fingerprint density at radius 3 is 2.42 bits per heavy atom. The third kappa shape index (κ3) is 6.50. The molecule has 1 fully saturated rings. The molecule has 3 aliphatic heterocycles. The SMILES string of the molecule is COC(=O)CCCCN1C(=O)[C@]2(O[C@H](CC(=O)N3Cc4ccccc4C[C@H]3CO)[C@@H]([Si](C)(C)c3ccc(OC)cc3)[C@@H]2C)c2cc([N+](=O)[O-])ccc21. The van der Waals surface area contributed by atoms with Crippen molar-refractivity contribution in [1.82, 2.24) is 4.90 Å². The highest BCUT2D eigenvalue weighted by molar-refractivity contribution is 6.91. The molecule has 0 saturated carbocycles. The lowest BCUT2D eigenvalue weighted by Gasteiger charge is -2.39. The molecule has 5 atom stereocenters. The molecule has 1 spiro atoms. The average Bonchev–Trinajstić information content (AvgIpc) is 3.57. The van der Waals surface area contributed by atoms with Crippen molar-refractivity contribution in [2.45, 2.75) is 82.0 Å². The summed E-state index contributed by atoms with van der Waals surface area (Å²) >= 11 is 0. The molecule has 12 nitrogen and oxygen atoms in total. The first-order chi connectivity index (χ1) is 24.9. The third-order valence-corrected chi connectivity index (χ3v) is 15.9. The summed E-state index contributed by atoms with van der Waals surface area (Å²) < 4.78 is 17.3. The first-order valence-corrected chi connectivity index (χ1v) is 20.9. The number of nitro benzene ring substituents is 1. The molecule has 3 aromatic rings. The molecule has 6 rings (SSSR count). The summed E-state index contributed by atoms with van der Waals surface area (Å²) in [6, 6.07) is 19.8. The molecule has 0 bridgehead atoms. The Bertz CT molecular complexity index is 1850. The summed E-state index contributed by atoms with van der Waals surface area (Å²) in [5.41, 5.74) is 1.07. The topological polar surface area (TPSA) is 149 Å². The van der Waals surface area contributed by atoms with Crippen LogP contribution in [0.5, 0.6) is 5.75 Å². The van der Waals surface area contributed by atoms with E-state index in [0.29, 0.717) is 42.8 Å². The van der Waals surface area contributed by atoms with Crippen molar-refractivity contribution in [3.8, 4) is 5.75 Å². The summed E-state index contributed by atoms with van der Waals surface area (Å²) in [5.74, 6) is -0.611. The Hall–Kier alpha value is -4.59. The lowest BCUT2D eigenvalue weighted by atomic mass is 9.82. The molecule has 276 valence electrons. The van der Waals surface area contributed by atoms with E-state index in [-0.39, 0.29) is 55.0 Å². The van der Waals surface area contributed by atoms with Crippen LogP contribution in [0.25, 0.3) is 0 Å². The number of rotatable bonds is 12. The van der Waals surface area contributed by atoms with Gasteiger partial charge < -0.3 is 29.1 Å². The van der Waals surface area contributed by atoms with Gasteiger partial charge in [0, 0.05) is 43.1 Å². The number of carbonyl (C=O) groups is 3. The van der Waals surface area contributed by atoms with Gasteiger partial charge in [0.1, 0.15) is 5.75 Å². The summed E-state index contributed by atoms with van der Waals surface area (Å²) in [4.78, 5) is 56.1. The van der Waals surface area contributed by atoms with E-state index in [2.05, 4.69) is 13.1 Å². The monoisotopic (exact) mass is 729 g/mol. The molecule has 3 heterocycles. The Labute approximate surface area is 304 Å². The summed E-state index contributed by atoms with van der Waals surface area (Å²) in [5, 5.41) is 23.6. The number of nitrogens with zero attached hydrogens (tertiary/aromatic N) is 3. The standard InChI is InChI=1S/C39H47N3O9Si/c1-25-37(52(4,5)31-16-14-30(49-2)15-17-31)34(22-35(44)41-23-27-11-7-6-10-26(27)20-29(41)24-43)51-39(25)32-21-28(42(47)48)13-18-33(32)40(38(39)46)19-9-8-12-36(45)50-3/h6-7,10-11,13-18,21,25,29,34,37,43H,8-9,12,19-20,22-24H2,1-5H3/t25-,29-,34+,37-,39+/m0/s1. The smallest absolute Gasteiger partial charge is 0.305 e. The van der Waals surface area contributed by atoms with Crippen LogP contribution in [0.3, 0.4) is 0 Å². The van der Waals surface area contributed by atoms with Gasteiger partial charge in [-0.1, -0.05) is 61.6 Å². The highest BCUT2D eigenvalue weighted by Gasteiger charge is 2.66. The van der Waals surface area contributed by atoms with Gasteiger partial charge in [0.25, 0.3) is 11.6 Å². The molecule has 0 radical (unpaired) electrons. The molecule has 0 aromatic heterocycles. The van der Waals surface area contributed by atoms with Gasteiger partial charge in [-0.15, -0.1) is 0 Å². The highest BCUT2D eigenvalue weighted by atomic mass is 28.3. The van der Waals surface area contributed by atoms with Crippen LogP contribution in [-0.4, -0.2) is 80.3 Å². The normalized spacial score (nSPS) is 23.8. The van der Waals surface area contributed by atoms with Gasteiger partial charge >= 0.3 is 5.97 Å². The van der Waals surface area contributed by atoms with Crippen LogP contribution in [0.4, 0.5) is 11.4 Å². The molecular formula is C39H47N3O9Si. The molecule has 0 aliphatic carbocycles. The fourth-order valence-electron chi connectivity index (χ4n) is 8.81. The fourth-order valence-corrected chi connectivity index (χ4v) is 12.8. The summed E-state index contributed by atoms with van der Waals surface area (Å²) in [6.07, 6.45) is 0.979. The minimum atomic E-state index is -2.61. The van der Waals surface area contributed by atoms with Crippen molar-refractivity contribution in [3.63, 3.8) is 0 Å². The fraction of sp³-hybridized carbons (Fsp3) is 0.462. The number of hydrogen-bond donors (Lipinski definition) is 1. The van der Waals surface area contributed by atoms with Crippen molar-refractivity contribution in [3.05, 3.63) is 93.5 Å². The largest absolute Gasteiger partial charge is 0.497 e. The van der Waals surface area contributed by atoms with Crippen LogP contribution in [0, 0.1) is 16.0 Å². The number of hydrogen-bond acceptors (Lipinski definition) is 9. The number of benzene rings is 3. The van der Waals surface area contributed by atoms with Crippen molar-refractivity contribution < 1.29 is 38.6 Å². The van der Waals surface area contributed by atoms with Crippen LogP contribution < -0.4 is 14.8 Å². The van der Waals surface area contributed by atoms with E-state index in [0.717, 1.165) is 16.3 Å². The van der Waals surface area contributed by atoms with Crippen LogP contribution in [0.1, 0.15) is 49.3 Å². The number of aliphatic hydroxyl groups is 1. The summed E-state index contributed by atoms with van der Waals surface area (Å²) in [7, 11) is 0.329. The Kier molecular flexibility index (Phi) is 10.6. The number of ether oxygens (including phenoxy) is 3. The predicted molar refractivity (Wildman–Crippen MR) is 197 cm³/mol. The number of non-ortho nitro benzene ring substituents is 1. The number of anilines is 1. The second-order valence-electron chi connectivity index (χ2n) is 14.6. The molecule has 3 aromatic carbocycles. The number of fused-ring (bicyclic) bond motifs is 3. The predicted octanol–water partition coefficient (Wildman–Crippen LogP) is 4.85.